The summed E-state index contributed by atoms with van der Waals surface area (Å²) >= 11 is 0. The molecule has 2 rings (SSSR count). The van der Waals surface area contributed by atoms with Crippen LogP contribution in [0, 0.1) is 6.92 Å². The van der Waals surface area contributed by atoms with Gasteiger partial charge in [-0.25, -0.2) is 4.79 Å². The third kappa shape index (κ3) is 2.60. The van der Waals surface area contributed by atoms with E-state index in [-0.39, 0.29) is 6.03 Å². The topological polar surface area (TPSA) is 67.2 Å². The molecule has 0 radical (unpaired) electrons. The van der Waals surface area contributed by atoms with E-state index in [1.807, 2.05) is 31.2 Å². The van der Waals surface area contributed by atoms with Gasteiger partial charge < -0.3 is 9.84 Å². The molecule has 0 aliphatic carbocycles. The van der Waals surface area contributed by atoms with Crippen molar-refractivity contribution in [2.75, 3.05) is 10.6 Å². The number of amides is 2. The number of carbonyl (C=O) groups excluding carboxylic acids is 1. The normalized spacial score (nSPS) is 9.81. The van der Waals surface area contributed by atoms with Crippen molar-refractivity contribution < 1.29 is 9.32 Å². The van der Waals surface area contributed by atoms with Gasteiger partial charge in [-0.15, -0.1) is 0 Å². The van der Waals surface area contributed by atoms with E-state index in [4.69, 9.17) is 4.52 Å². The van der Waals surface area contributed by atoms with E-state index >= 15 is 0 Å². The summed E-state index contributed by atoms with van der Waals surface area (Å²) in [5, 5.41) is 8.67. The molecule has 0 bridgehead atoms. The Labute approximate surface area is 92.4 Å². The van der Waals surface area contributed by atoms with Crippen molar-refractivity contribution in [2.24, 2.45) is 0 Å². The first-order valence-electron chi connectivity index (χ1n) is 4.79. The maximum Gasteiger partial charge on any atom is 0.326 e. The maximum atomic E-state index is 11.5. The van der Waals surface area contributed by atoms with E-state index < -0.39 is 0 Å². The smallest absolute Gasteiger partial charge is 0.326 e. The molecule has 0 aliphatic heterocycles. The fourth-order valence-corrected chi connectivity index (χ4v) is 1.28. The third-order valence-corrected chi connectivity index (χ3v) is 1.95. The van der Waals surface area contributed by atoms with Crippen LogP contribution >= 0.6 is 0 Å². The average Bonchev–Trinajstić information content (AvgIpc) is 2.70. The molecule has 0 saturated heterocycles. The molecule has 2 N–H and O–H groups in total. The molecule has 0 spiro atoms. The van der Waals surface area contributed by atoms with E-state index in [1.54, 1.807) is 6.07 Å². The number of anilines is 2. The number of nitrogens with one attached hydrogen (secondary N) is 2. The second-order valence-corrected chi connectivity index (χ2v) is 3.33. The van der Waals surface area contributed by atoms with Gasteiger partial charge in [-0.2, -0.15) is 0 Å². The highest BCUT2D eigenvalue weighted by Gasteiger charge is 2.04. The highest BCUT2D eigenvalue weighted by Crippen LogP contribution is 2.10. The molecule has 5 nitrogen and oxygen atoms in total. The zero-order chi connectivity index (χ0) is 11.4. The molecular formula is C11H11N3O2. The Bertz CT molecular complexity index is 480. The minimum Gasteiger partial charge on any atom is -0.338 e. The molecule has 0 unspecified atom stereocenters. The lowest BCUT2D eigenvalue weighted by Crippen LogP contribution is -2.18. The van der Waals surface area contributed by atoms with Gasteiger partial charge in [-0.1, -0.05) is 17.3 Å². The summed E-state index contributed by atoms with van der Waals surface area (Å²) < 4.78 is 4.74. The molecule has 0 fully saturated rings. The summed E-state index contributed by atoms with van der Waals surface area (Å²) in [4.78, 5) is 11.5. The Balaban J connectivity index is 1.97. The standard InChI is InChI=1S/C11H11N3O2/c1-8-3-2-4-9(7-8)13-11(15)14-10-5-6-12-16-10/h2-7H,1H3,(H2,13,14,15). The molecular weight excluding hydrogens is 206 g/mol. The van der Waals surface area contributed by atoms with Crippen molar-refractivity contribution in [3.63, 3.8) is 0 Å². The first kappa shape index (κ1) is 10.2. The maximum absolute atomic E-state index is 11.5. The number of nitrogens with zero attached hydrogens (tertiary/aromatic N) is 1. The molecule has 82 valence electrons. The molecule has 2 aromatic rings. The van der Waals surface area contributed by atoms with Gasteiger partial charge in [0.05, 0.1) is 6.20 Å². The first-order chi connectivity index (χ1) is 7.74. The van der Waals surface area contributed by atoms with Crippen LogP contribution < -0.4 is 10.6 Å². The van der Waals surface area contributed by atoms with Gasteiger partial charge >= 0.3 is 6.03 Å². The highest BCUT2D eigenvalue weighted by molar-refractivity contribution is 5.98. The third-order valence-electron chi connectivity index (χ3n) is 1.95. The van der Waals surface area contributed by atoms with E-state index in [2.05, 4.69) is 15.8 Å². The van der Waals surface area contributed by atoms with Crippen molar-refractivity contribution >= 4 is 17.6 Å². The number of rotatable bonds is 2. The average molecular weight is 217 g/mol. The van der Waals surface area contributed by atoms with Crippen LogP contribution in [0.5, 0.6) is 0 Å². The molecule has 2 amide bonds. The Morgan fingerprint density at radius 3 is 2.88 bits per heavy atom. The van der Waals surface area contributed by atoms with Crippen molar-refractivity contribution in [2.45, 2.75) is 6.92 Å². The van der Waals surface area contributed by atoms with Gasteiger partial charge in [0, 0.05) is 11.8 Å². The SMILES string of the molecule is Cc1cccc(NC(=O)Nc2ccno2)c1. The van der Waals surface area contributed by atoms with Crippen LogP contribution in [-0.2, 0) is 0 Å². The van der Waals surface area contributed by atoms with Gasteiger partial charge in [0.1, 0.15) is 0 Å². The highest BCUT2D eigenvalue weighted by atomic mass is 16.5. The summed E-state index contributed by atoms with van der Waals surface area (Å²) in [7, 11) is 0. The molecule has 0 atom stereocenters. The molecule has 16 heavy (non-hydrogen) atoms. The molecule has 0 aliphatic rings. The zero-order valence-corrected chi connectivity index (χ0v) is 8.73. The van der Waals surface area contributed by atoms with Crippen LogP contribution in [0.1, 0.15) is 5.56 Å². The summed E-state index contributed by atoms with van der Waals surface area (Å²) in [5.41, 5.74) is 1.81. The lowest BCUT2D eigenvalue weighted by atomic mass is 10.2. The summed E-state index contributed by atoms with van der Waals surface area (Å²) in [6.45, 7) is 1.96. The fourth-order valence-electron chi connectivity index (χ4n) is 1.28. The summed E-state index contributed by atoms with van der Waals surface area (Å²) in [5.74, 6) is 0.310. The predicted octanol–water partition coefficient (Wildman–Crippen LogP) is 2.63. The van der Waals surface area contributed by atoms with Crippen LogP contribution in [0.3, 0.4) is 0 Å². The van der Waals surface area contributed by atoms with Crippen molar-refractivity contribution in [1.82, 2.24) is 5.16 Å². The van der Waals surface area contributed by atoms with Crippen LogP contribution in [-0.4, -0.2) is 11.2 Å². The molecule has 0 saturated carbocycles. The Hall–Kier alpha value is -2.30. The number of hydrogen-bond donors (Lipinski definition) is 2. The molecule has 1 aromatic carbocycles. The summed E-state index contributed by atoms with van der Waals surface area (Å²) in [6, 6.07) is 8.73. The van der Waals surface area contributed by atoms with Crippen LogP contribution in [0.15, 0.2) is 41.1 Å². The minimum atomic E-state index is -0.359. The van der Waals surface area contributed by atoms with Gasteiger partial charge in [0.25, 0.3) is 0 Å². The monoisotopic (exact) mass is 217 g/mol. The number of hydrogen-bond acceptors (Lipinski definition) is 3. The van der Waals surface area contributed by atoms with Crippen LogP contribution in [0.25, 0.3) is 0 Å². The number of aromatic nitrogens is 1. The number of urea groups is 1. The predicted molar refractivity (Wildman–Crippen MR) is 60.3 cm³/mol. The van der Waals surface area contributed by atoms with Crippen molar-refractivity contribution in [3.05, 3.63) is 42.1 Å². The van der Waals surface area contributed by atoms with Gasteiger partial charge in [0.2, 0.25) is 5.88 Å². The number of benzene rings is 1. The zero-order valence-electron chi connectivity index (χ0n) is 8.73. The summed E-state index contributed by atoms with van der Waals surface area (Å²) in [6.07, 6.45) is 1.46. The molecule has 1 heterocycles. The van der Waals surface area contributed by atoms with E-state index in [1.165, 1.54) is 6.20 Å². The van der Waals surface area contributed by atoms with Crippen molar-refractivity contribution in [1.29, 1.82) is 0 Å². The Morgan fingerprint density at radius 1 is 1.31 bits per heavy atom. The van der Waals surface area contributed by atoms with Gasteiger partial charge in [-0.05, 0) is 24.6 Å². The Kier molecular flexibility index (Phi) is 2.86. The quantitative estimate of drug-likeness (QED) is 0.812. The van der Waals surface area contributed by atoms with E-state index in [0.717, 1.165) is 11.3 Å². The Morgan fingerprint density at radius 2 is 2.19 bits per heavy atom. The number of aryl methyl sites for hydroxylation is 1. The first-order valence-corrected chi connectivity index (χ1v) is 4.79. The molecule has 5 heteroatoms. The second kappa shape index (κ2) is 4.48. The minimum absolute atomic E-state index is 0.310. The van der Waals surface area contributed by atoms with Gasteiger partial charge in [-0.3, -0.25) is 5.32 Å². The van der Waals surface area contributed by atoms with Crippen molar-refractivity contribution in [3.8, 4) is 0 Å². The van der Waals surface area contributed by atoms with E-state index in [0.29, 0.717) is 5.88 Å². The van der Waals surface area contributed by atoms with Gasteiger partial charge in [0.15, 0.2) is 0 Å². The van der Waals surface area contributed by atoms with Crippen LogP contribution in [0.2, 0.25) is 0 Å². The number of carbonyl (C=O) groups is 1. The van der Waals surface area contributed by atoms with Crippen LogP contribution in [0.4, 0.5) is 16.4 Å². The fraction of sp³-hybridized carbons (Fsp3) is 0.0909. The molecule has 1 aromatic heterocycles. The second-order valence-electron chi connectivity index (χ2n) is 3.33. The lowest BCUT2D eigenvalue weighted by Gasteiger charge is -2.05. The lowest BCUT2D eigenvalue weighted by molar-refractivity contribution is 0.261. The van der Waals surface area contributed by atoms with E-state index in [9.17, 15) is 4.79 Å². The largest absolute Gasteiger partial charge is 0.338 e.